The lowest BCUT2D eigenvalue weighted by atomic mass is 9.85. The van der Waals surface area contributed by atoms with Crippen molar-refractivity contribution in [2.45, 2.75) is 20.3 Å². The Labute approximate surface area is 122 Å². The Balaban J connectivity index is 2.66. The van der Waals surface area contributed by atoms with Crippen molar-refractivity contribution in [3.8, 4) is 5.75 Å². The van der Waals surface area contributed by atoms with Crippen molar-refractivity contribution < 1.29 is 14.3 Å². The summed E-state index contributed by atoms with van der Waals surface area (Å²) in [5.74, 6) is 0.153. The number of para-hydroxylation sites is 1. The molecule has 6 heteroatoms. The Morgan fingerprint density at radius 3 is 2.48 bits per heavy atom. The molecule has 2 amide bonds. The fraction of sp³-hybridized carbons (Fsp3) is 0.333. The largest absolute Gasteiger partial charge is 0.495 e. The van der Waals surface area contributed by atoms with Crippen LogP contribution in [0.15, 0.2) is 24.4 Å². The minimum Gasteiger partial charge on any atom is -0.495 e. The highest BCUT2D eigenvalue weighted by molar-refractivity contribution is 5.97. The monoisotopic (exact) mass is 289 g/mol. The van der Waals surface area contributed by atoms with Gasteiger partial charge in [-0.15, -0.1) is 0 Å². The number of aromatic nitrogens is 1. The Morgan fingerprint density at radius 1 is 1.29 bits per heavy atom. The first-order valence-corrected chi connectivity index (χ1v) is 6.54. The Bertz CT molecular complexity index is 716. The molecule has 0 aliphatic rings. The molecule has 0 aliphatic heterocycles. The van der Waals surface area contributed by atoms with Gasteiger partial charge in [0.15, 0.2) is 0 Å². The number of hydrogen-bond donors (Lipinski definition) is 2. The van der Waals surface area contributed by atoms with E-state index in [1.54, 1.807) is 26.1 Å². The summed E-state index contributed by atoms with van der Waals surface area (Å²) in [6, 6.07) is 4.84. The highest BCUT2D eigenvalue weighted by atomic mass is 16.5. The molecule has 0 saturated carbocycles. The average Bonchev–Trinajstić information content (AvgIpc) is 2.77. The maximum absolute atomic E-state index is 11.6. The van der Waals surface area contributed by atoms with Crippen molar-refractivity contribution >= 4 is 22.8 Å². The summed E-state index contributed by atoms with van der Waals surface area (Å²) in [7, 11) is 1.53. The van der Waals surface area contributed by atoms with E-state index < -0.39 is 17.4 Å². The Kier molecular flexibility index (Phi) is 3.63. The van der Waals surface area contributed by atoms with Crippen LogP contribution in [0.5, 0.6) is 5.75 Å². The minimum absolute atomic E-state index is 0.398. The molecule has 4 N–H and O–H groups in total. The SMILES string of the molecule is COc1cccc2c(CC(C)(C)C(N)=O)cn(C(N)=O)c12. The predicted octanol–water partition coefficient (Wildman–Crippen LogP) is 1.63. The molecule has 1 aromatic carbocycles. The highest BCUT2D eigenvalue weighted by Gasteiger charge is 2.28. The van der Waals surface area contributed by atoms with Crippen LogP contribution in [0.2, 0.25) is 0 Å². The molecule has 2 rings (SSSR count). The third-order valence-corrected chi connectivity index (χ3v) is 3.63. The first-order valence-electron chi connectivity index (χ1n) is 6.54. The second-order valence-corrected chi connectivity index (χ2v) is 5.64. The maximum Gasteiger partial charge on any atom is 0.323 e. The number of fused-ring (bicyclic) bond motifs is 1. The number of benzene rings is 1. The van der Waals surface area contributed by atoms with E-state index >= 15 is 0 Å². The van der Waals surface area contributed by atoms with Crippen molar-refractivity contribution in [3.63, 3.8) is 0 Å². The lowest BCUT2D eigenvalue weighted by molar-refractivity contribution is -0.125. The lowest BCUT2D eigenvalue weighted by Crippen LogP contribution is -2.33. The van der Waals surface area contributed by atoms with E-state index in [2.05, 4.69) is 0 Å². The summed E-state index contributed by atoms with van der Waals surface area (Å²) >= 11 is 0. The summed E-state index contributed by atoms with van der Waals surface area (Å²) in [4.78, 5) is 23.2. The van der Waals surface area contributed by atoms with Gasteiger partial charge >= 0.3 is 6.03 Å². The smallest absolute Gasteiger partial charge is 0.323 e. The lowest BCUT2D eigenvalue weighted by Gasteiger charge is -2.19. The van der Waals surface area contributed by atoms with Gasteiger partial charge in [-0.25, -0.2) is 4.79 Å². The second kappa shape index (κ2) is 5.12. The van der Waals surface area contributed by atoms with Crippen LogP contribution in [0.4, 0.5) is 4.79 Å². The predicted molar refractivity (Wildman–Crippen MR) is 80.2 cm³/mol. The molecule has 0 fully saturated rings. The summed E-state index contributed by atoms with van der Waals surface area (Å²) in [6.07, 6.45) is 2.05. The van der Waals surface area contributed by atoms with Gasteiger partial charge in [-0.2, -0.15) is 0 Å². The molecule has 0 atom stereocenters. The quantitative estimate of drug-likeness (QED) is 0.894. The standard InChI is InChI=1S/C15H19N3O3/c1-15(2,13(16)19)7-9-8-18(14(17)20)12-10(9)5-4-6-11(12)21-3/h4-6,8H,7H2,1-3H3,(H2,16,19)(H2,17,20). The van der Waals surface area contributed by atoms with Gasteiger partial charge in [-0.05, 0) is 18.1 Å². The fourth-order valence-electron chi connectivity index (χ4n) is 2.36. The van der Waals surface area contributed by atoms with Crippen LogP contribution in [0.3, 0.4) is 0 Å². The number of hydrogen-bond acceptors (Lipinski definition) is 3. The van der Waals surface area contributed by atoms with Crippen molar-refractivity contribution in [2.24, 2.45) is 16.9 Å². The highest BCUT2D eigenvalue weighted by Crippen LogP contribution is 2.33. The van der Waals surface area contributed by atoms with Gasteiger partial charge < -0.3 is 16.2 Å². The minimum atomic E-state index is -0.722. The molecule has 0 spiro atoms. The molecular formula is C15H19N3O3. The first-order chi connectivity index (χ1) is 9.77. The maximum atomic E-state index is 11.6. The number of nitrogens with two attached hydrogens (primary N) is 2. The van der Waals surface area contributed by atoms with Crippen LogP contribution >= 0.6 is 0 Å². The normalized spacial score (nSPS) is 11.6. The van der Waals surface area contributed by atoms with Gasteiger partial charge in [0, 0.05) is 17.0 Å². The fourth-order valence-corrected chi connectivity index (χ4v) is 2.36. The number of methoxy groups -OCH3 is 1. The molecule has 1 heterocycles. The van der Waals surface area contributed by atoms with E-state index in [0.717, 1.165) is 10.9 Å². The number of rotatable bonds is 4. The number of nitrogens with zero attached hydrogens (tertiary/aromatic N) is 1. The van der Waals surface area contributed by atoms with Gasteiger partial charge in [-0.3, -0.25) is 9.36 Å². The van der Waals surface area contributed by atoms with Gasteiger partial charge in [0.2, 0.25) is 5.91 Å². The first kappa shape index (κ1) is 14.9. The molecule has 21 heavy (non-hydrogen) atoms. The summed E-state index contributed by atoms with van der Waals surface area (Å²) in [5.41, 5.74) is 11.5. The topological polar surface area (TPSA) is 100 Å². The van der Waals surface area contributed by atoms with E-state index in [1.165, 1.54) is 11.7 Å². The third-order valence-electron chi connectivity index (χ3n) is 3.63. The van der Waals surface area contributed by atoms with Crippen molar-refractivity contribution in [1.29, 1.82) is 0 Å². The van der Waals surface area contributed by atoms with Gasteiger partial charge in [-0.1, -0.05) is 26.0 Å². The zero-order valence-corrected chi connectivity index (χ0v) is 12.3. The molecule has 0 unspecified atom stereocenters. The molecule has 0 radical (unpaired) electrons. The second-order valence-electron chi connectivity index (χ2n) is 5.64. The summed E-state index contributed by atoms with van der Waals surface area (Å²) in [6.45, 7) is 3.53. The van der Waals surface area contributed by atoms with Crippen LogP contribution in [0.25, 0.3) is 10.9 Å². The molecule has 1 aromatic heterocycles. The number of primary amides is 2. The van der Waals surface area contributed by atoms with Crippen LogP contribution in [0.1, 0.15) is 19.4 Å². The van der Waals surface area contributed by atoms with Crippen LogP contribution < -0.4 is 16.2 Å². The van der Waals surface area contributed by atoms with Gasteiger partial charge in [0.1, 0.15) is 5.75 Å². The summed E-state index contributed by atoms with van der Waals surface area (Å²) < 4.78 is 6.62. The zero-order valence-electron chi connectivity index (χ0n) is 12.3. The van der Waals surface area contributed by atoms with Crippen molar-refractivity contribution in [2.75, 3.05) is 7.11 Å². The van der Waals surface area contributed by atoms with Crippen molar-refractivity contribution in [1.82, 2.24) is 4.57 Å². The van der Waals surface area contributed by atoms with E-state index in [4.69, 9.17) is 16.2 Å². The molecule has 112 valence electrons. The van der Waals surface area contributed by atoms with Crippen LogP contribution in [-0.4, -0.2) is 23.6 Å². The molecule has 2 aromatic rings. The Morgan fingerprint density at radius 2 is 1.95 bits per heavy atom. The number of carbonyl (C=O) groups is 2. The van der Waals surface area contributed by atoms with E-state index in [1.807, 2.05) is 12.1 Å². The van der Waals surface area contributed by atoms with Gasteiger partial charge in [0.25, 0.3) is 0 Å². The molecule has 0 bridgehead atoms. The zero-order chi connectivity index (χ0) is 15.8. The molecule has 6 nitrogen and oxygen atoms in total. The molecular weight excluding hydrogens is 270 g/mol. The van der Waals surface area contributed by atoms with Crippen LogP contribution in [-0.2, 0) is 11.2 Å². The van der Waals surface area contributed by atoms with E-state index in [9.17, 15) is 9.59 Å². The van der Waals surface area contributed by atoms with Crippen LogP contribution in [0, 0.1) is 5.41 Å². The van der Waals surface area contributed by atoms with E-state index in [0.29, 0.717) is 17.7 Å². The van der Waals surface area contributed by atoms with Crippen molar-refractivity contribution in [3.05, 3.63) is 30.0 Å². The number of carbonyl (C=O) groups excluding carboxylic acids is 2. The third kappa shape index (κ3) is 2.56. The average molecular weight is 289 g/mol. The summed E-state index contributed by atoms with van der Waals surface area (Å²) in [5, 5.41) is 0.822. The van der Waals surface area contributed by atoms with Gasteiger partial charge in [0.05, 0.1) is 12.6 Å². The number of ether oxygens (including phenoxy) is 1. The Hall–Kier alpha value is -2.50. The number of amides is 2. The van der Waals surface area contributed by atoms with E-state index in [-0.39, 0.29) is 0 Å². The molecule has 0 aliphatic carbocycles. The molecule has 0 saturated heterocycles.